The predicted octanol–water partition coefficient (Wildman–Crippen LogP) is 2.48. The zero-order valence-corrected chi connectivity index (χ0v) is 12.2. The van der Waals surface area contributed by atoms with Crippen molar-refractivity contribution >= 4 is 15.9 Å². The molecule has 100 valence electrons. The van der Waals surface area contributed by atoms with Gasteiger partial charge in [-0.15, -0.1) is 0 Å². The van der Waals surface area contributed by atoms with E-state index in [9.17, 15) is 0 Å². The van der Waals surface area contributed by atoms with Crippen molar-refractivity contribution in [3.63, 3.8) is 0 Å². The summed E-state index contributed by atoms with van der Waals surface area (Å²) in [5, 5.41) is 3.46. The summed E-state index contributed by atoms with van der Waals surface area (Å²) in [6, 6.07) is 6.37. The van der Waals surface area contributed by atoms with Gasteiger partial charge in [0.15, 0.2) is 6.29 Å². The van der Waals surface area contributed by atoms with Crippen molar-refractivity contribution in [2.24, 2.45) is 0 Å². The number of rotatable bonds is 5. The zero-order valence-electron chi connectivity index (χ0n) is 10.6. The van der Waals surface area contributed by atoms with Crippen LogP contribution < -0.4 is 10.1 Å². The van der Waals surface area contributed by atoms with Crippen molar-refractivity contribution in [1.29, 1.82) is 0 Å². The third-order valence-electron chi connectivity index (χ3n) is 3.07. The summed E-state index contributed by atoms with van der Waals surface area (Å²) in [6.45, 7) is 1.39. The fourth-order valence-electron chi connectivity index (χ4n) is 2.08. The maximum Gasteiger partial charge on any atom is 0.169 e. The van der Waals surface area contributed by atoms with Crippen molar-refractivity contribution in [3.05, 3.63) is 28.2 Å². The number of benzene rings is 1. The first kappa shape index (κ1) is 13.8. The number of fused-ring (bicyclic) bond motifs is 1. The normalized spacial score (nSPS) is 18.6. The van der Waals surface area contributed by atoms with Crippen molar-refractivity contribution in [1.82, 2.24) is 5.32 Å². The molecule has 1 unspecified atom stereocenters. The average molecular weight is 316 g/mol. The standard InChI is InChI=1S/C13H18BrNO3/c1-16-13(17-2)8-15-11-5-6-18-12-4-3-9(14)7-10(11)12/h3-4,7,11,13,15H,5-6,8H2,1-2H3. The Morgan fingerprint density at radius 1 is 1.44 bits per heavy atom. The average Bonchev–Trinajstić information content (AvgIpc) is 2.40. The Balaban J connectivity index is 2.05. The van der Waals surface area contributed by atoms with E-state index >= 15 is 0 Å². The van der Waals surface area contributed by atoms with E-state index in [1.54, 1.807) is 14.2 Å². The Morgan fingerprint density at radius 3 is 2.94 bits per heavy atom. The highest BCUT2D eigenvalue weighted by atomic mass is 79.9. The lowest BCUT2D eigenvalue weighted by Crippen LogP contribution is -2.34. The Hall–Kier alpha value is -0.620. The molecule has 1 atom stereocenters. The van der Waals surface area contributed by atoms with E-state index in [2.05, 4.69) is 27.3 Å². The first-order chi connectivity index (χ1) is 8.74. The van der Waals surface area contributed by atoms with E-state index in [1.807, 2.05) is 12.1 Å². The SMILES string of the molecule is COC(CNC1CCOc2ccc(Br)cc21)OC. The lowest BCUT2D eigenvalue weighted by atomic mass is 10.0. The van der Waals surface area contributed by atoms with Gasteiger partial charge < -0.3 is 19.5 Å². The number of hydrogen-bond donors (Lipinski definition) is 1. The van der Waals surface area contributed by atoms with Gasteiger partial charge in [0.05, 0.1) is 6.61 Å². The van der Waals surface area contributed by atoms with E-state index in [1.165, 1.54) is 5.56 Å². The minimum atomic E-state index is -0.219. The fourth-order valence-corrected chi connectivity index (χ4v) is 2.46. The van der Waals surface area contributed by atoms with Crippen LogP contribution >= 0.6 is 15.9 Å². The molecule has 2 rings (SSSR count). The van der Waals surface area contributed by atoms with Crippen LogP contribution in [-0.4, -0.2) is 33.7 Å². The van der Waals surface area contributed by atoms with Gasteiger partial charge in [0.1, 0.15) is 5.75 Å². The number of ether oxygens (including phenoxy) is 3. The van der Waals surface area contributed by atoms with E-state index in [0.717, 1.165) is 23.2 Å². The molecule has 1 aromatic rings. The Morgan fingerprint density at radius 2 is 2.22 bits per heavy atom. The molecule has 1 aliphatic rings. The molecule has 5 heteroatoms. The first-order valence-electron chi connectivity index (χ1n) is 5.96. The summed E-state index contributed by atoms with van der Waals surface area (Å²) < 4.78 is 17.1. The number of halogens is 1. The van der Waals surface area contributed by atoms with Gasteiger partial charge in [-0.25, -0.2) is 0 Å². The van der Waals surface area contributed by atoms with E-state index in [4.69, 9.17) is 14.2 Å². The van der Waals surface area contributed by atoms with Crippen molar-refractivity contribution in [2.75, 3.05) is 27.4 Å². The number of hydrogen-bond acceptors (Lipinski definition) is 4. The van der Waals surface area contributed by atoms with Crippen LogP contribution in [0.25, 0.3) is 0 Å². The zero-order chi connectivity index (χ0) is 13.0. The summed E-state index contributed by atoms with van der Waals surface area (Å²) in [5.41, 5.74) is 1.18. The highest BCUT2D eigenvalue weighted by Crippen LogP contribution is 2.33. The minimum Gasteiger partial charge on any atom is -0.493 e. The molecule has 0 aliphatic carbocycles. The van der Waals surface area contributed by atoms with Gasteiger partial charge >= 0.3 is 0 Å². The van der Waals surface area contributed by atoms with Gasteiger partial charge in [-0.2, -0.15) is 0 Å². The van der Waals surface area contributed by atoms with E-state index < -0.39 is 0 Å². The molecule has 1 heterocycles. The van der Waals surface area contributed by atoms with Crippen LogP contribution in [0.3, 0.4) is 0 Å². The summed E-state index contributed by atoms with van der Waals surface area (Å²) in [4.78, 5) is 0. The third-order valence-corrected chi connectivity index (χ3v) is 3.56. The van der Waals surface area contributed by atoms with Gasteiger partial charge in [-0.05, 0) is 18.2 Å². The van der Waals surface area contributed by atoms with Crippen molar-refractivity contribution < 1.29 is 14.2 Å². The predicted molar refractivity (Wildman–Crippen MR) is 72.8 cm³/mol. The summed E-state index contributed by atoms with van der Waals surface area (Å²) in [7, 11) is 3.29. The molecule has 0 fully saturated rings. The second-order valence-corrected chi connectivity index (χ2v) is 5.10. The molecule has 18 heavy (non-hydrogen) atoms. The number of methoxy groups -OCH3 is 2. The smallest absolute Gasteiger partial charge is 0.169 e. The summed E-state index contributed by atoms with van der Waals surface area (Å²) >= 11 is 3.49. The molecule has 1 aliphatic heterocycles. The Bertz CT molecular complexity index is 396. The topological polar surface area (TPSA) is 39.7 Å². The fraction of sp³-hybridized carbons (Fsp3) is 0.538. The van der Waals surface area contributed by atoms with Gasteiger partial charge in [0.25, 0.3) is 0 Å². The van der Waals surface area contributed by atoms with Crippen LogP contribution in [0.5, 0.6) is 5.75 Å². The molecule has 4 nitrogen and oxygen atoms in total. The monoisotopic (exact) mass is 315 g/mol. The van der Waals surface area contributed by atoms with Crippen LogP contribution in [-0.2, 0) is 9.47 Å². The van der Waals surface area contributed by atoms with Crippen LogP contribution in [0.15, 0.2) is 22.7 Å². The third kappa shape index (κ3) is 3.23. The molecule has 1 N–H and O–H groups in total. The van der Waals surface area contributed by atoms with Crippen LogP contribution in [0.2, 0.25) is 0 Å². The highest BCUT2D eigenvalue weighted by Gasteiger charge is 2.22. The van der Waals surface area contributed by atoms with Gasteiger partial charge in [-0.1, -0.05) is 15.9 Å². The Labute approximate surface area is 116 Å². The van der Waals surface area contributed by atoms with Crippen molar-refractivity contribution in [3.8, 4) is 5.75 Å². The maximum absolute atomic E-state index is 5.64. The quantitative estimate of drug-likeness (QED) is 0.847. The summed E-state index contributed by atoms with van der Waals surface area (Å²) in [6.07, 6.45) is 0.729. The first-order valence-corrected chi connectivity index (χ1v) is 6.75. The van der Waals surface area contributed by atoms with Crippen LogP contribution in [0.4, 0.5) is 0 Å². The van der Waals surface area contributed by atoms with Gasteiger partial charge in [-0.3, -0.25) is 0 Å². The van der Waals surface area contributed by atoms with E-state index in [0.29, 0.717) is 6.54 Å². The van der Waals surface area contributed by atoms with Crippen molar-refractivity contribution in [2.45, 2.75) is 18.8 Å². The summed E-state index contributed by atoms with van der Waals surface area (Å²) in [5.74, 6) is 0.952. The van der Waals surface area contributed by atoms with E-state index in [-0.39, 0.29) is 12.3 Å². The highest BCUT2D eigenvalue weighted by molar-refractivity contribution is 9.10. The molecule has 0 saturated heterocycles. The Kier molecular flexibility index (Phi) is 5.00. The molecule has 0 bridgehead atoms. The lowest BCUT2D eigenvalue weighted by molar-refractivity contribution is -0.100. The maximum atomic E-state index is 5.64. The largest absolute Gasteiger partial charge is 0.493 e. The second kappa shape index (κ2) is 6.52. The molecular formula is C13H18BrNO3. The van der Waals surface area contributed by atoms with Gasteiger partial charge in [0.2, 0.25) is 0 Å². The molecule has 0 spiro atoms. The molecular weight excluding hydrogens is 298 g/mol. The lowest BCUT2D eigenvalue weighted by Gasteiger charge is -2.28. The second-order valence-electron chi connectivity index (χ2n) is 4.18. The molecule has 0 aromatic heterocycles. The molecule has 1 aromatic carbocycles. The molecule has 0 amide bonds. The molecule has 0 saturated carbocycles. The number of nitrogens with one attached hydrogen (secondary N) is 1. The van der Waals surface area contributed by atoms with Crippen LogP contribution in [0, 0.1) is 0 Å². The molecule has 0 radical (unpaired) electrons. The van der Waals surface area contributed by atoms with Gasteiger partial charge in [0, 0.05) is 43.3 Å². The minimum absolute atomic E-state index is 0.219. The van der Waals surface area contributed by atoms with Crippen LogP contribution in [0.1, 0.15) is 18.0 Å².